The number of aromatic nitrogens is 2. The summed E-state index contributed by atoms with van der Waals surface area (Å²) in [7, 11) is 0. The van der Waals surface area contributed by atoms with E-state index in [0.717, 1.165) is 33.3 Å². The minimum absolute atomic E-state index is 0.0942. The lowest BCUT2D eigenvalue weighted by Crippen LogP contribution is -2.39. The van der Waals surface area contributed by atoms with Crippen molar-refractivity contribution in [3.8, 4) is 6.07 Å². The van der Waals surface area contributed by atoms with Gasteiger partial charge in [0.25, 0.3) is 0 Å². The molecule has 8 heteroatoms. The molecule has 4 rings (SSSR count). The summed E-state index contributed by atoms with van der Waals surface area (Å²) < 4.78 is 10.9. The fraction of sp³-hybridized carbons (Fsp3) is 0.333. The molecule has 1 aromatic carbocycles. The minimum Gasteiger partial charge on any atom is -0.461 e. The first kappa shape index (κ1) is 24.0. The highest BCUT2D eigenvalue weighted by Crippen LogP contribution is 2.29. The molecule has 0 bridgehead atoms. The largest absolute Gasteiger partial charge is 0.461 e. The Morgan fingerprint density at radius 1 is 1.23 bits per heavy atom. The van der Waals surface area contributed by atoms with Crippen LogP contribution >= 0.6 is 0 Å². The molecule has 0 spiro atoms. The predicted octanol–water partition coefficient (Wildman–Crippen LogP) is 4.74. The van der Waals surface area contributed by atoms with Crippen LogP contribution < -0.4 is 0 Å². The van der Waals surface area contributed by atoms with Gasteiger partial charge in [0.2, 0.25) is 0 Å². The number of carbonyl (C=O) groups is 2. The second-order valence-electron chi connectivity index (χ2n) is 9.50. The van der Waals surface area contributed by atoms with Gasteiger partial charge < -0.3 is 19.4 Å². The molecule has 0 saturated carbocycles. The van der Waals surface area contributed by atoms with Gasteiger partial charge in [0.05, 0.1) is 18.1 Å². The normalized spacial score (nSPS) is 13.8. The number of carbonyl (C=O) groups excluding carboxylic acids is 2. The maximum Gasteiger partial charge on any atom is 0.410 e. The number of nitriles is 1. The maximum atomic E-state index is 12.4. The smallest absolute Gasteiger partial charge is 0.410 e. The molecule has 1 N–H and O–H groups in total. The van der Waals surface area contributed by atoms with E-state index >= 15 is 0 Å². The number of nitrogens with one attached hydrogen (secondary N) is 1. The molecular formula is C27H28N4O4. The van der Waals surface area contributed by atoms with E-state index in [9.17, 15) is 9.59 Å². The van der Waals surface area contributed by atoms with Crippen LogP contribution in [0.1, 0.15) is 49.4 Å². The first-order chi connectivity index (χ1) is 16.7. The highest BCUT2D eigenvalue weighted by Gasteiger charge is 2.24. The van der Waals surface area contributed by atoms with Crippen molar-refractivity contribution in [3.63, 3.8) is 0 Å². The van der Waals surface area contributed by atoms with Gasteiger partial charge in [-0.3, -0.25) is 4.79 Å². The summed E-state index contributed by atoms with van der Waals surface area (Å²) in [5, 5.41) is 9.93. The van der Waals surface area contributed by atoms with E-state index < -0.39 is 5.60 Å². The van der Waals surface area contributed by atoms with E-state index in [-0.39, 0.29) is 25.1 Å². The zero-order valence-electron chi connectivity index (χ0n) is 20.1. The van der Waals surface area contributed by atoms with Gasteiger partial charge in [0.15, 0.2) is 0 Å². The van der Waals surface area contributed by atoms with Gasteiger partial charge in [0, 0.05) is 36.4 Å². The number of esters is 1. The monoisotopic (exact) mass is 472 g/mol. The predicted molar refractivity (Wildman–Crippen MR) is 131 cm³/mol. The molecule has 0 fully saturated rings. The van der Waals surface area contributed by atoms with E-state index in [0.29, 0.717) is 25.1 Å². The summed E-state index contributed by atoms with van der Waals surface area (Å²) in [6.07, 6.45) is 6.09. The summed E-state index contributed by atoms with van der Waals surface area (Å²) in [6.45, 7) is 6.72. The Balaban J connectivity index is 1.42. The van der Waals surface area contributed by atoms with Crippen molar-refractivity contribution in [2.75, 3.05) is 13.1 Å². The van der Waals surface area contributed by atoms with Crippen molar-refractivity contribution in [1.82, 2.24) is 14.9 Å². The molecule has 0 saturated heterocycles. The highest BCUT2D eigenvalue weighted by molar-refractivity contribution is 5.92. The van der Waals surface area contributed by atoms with Crippen molar-refractivity contribution in [3.05, 3.63) is 71.1 Å². The Morgan fingerprint density at radius 2 is 2.06 bits per heavy atom. The molecule has 3 aromatic rings. The highest BCUT2D eigenvalue weighted by atomic mass is 16.6. The summed E-state index contributed by atoms with van der Waals surface area (Å²) in [5.41, 5.74) is 4.39. The van der Waals surface area contributed by atoms with E-state index in [4.69, 9.17) is 14.7 Å². The number of hydrogen-bond acceptors (Lipinski definition) is 6. The van der Waals surface area contributed by atoms with E-state index in [1.54, 1.807) is 29.3 Å². The number of pyridine rings is 1. The number of ether oxygens (including phenoxy) is 2. The van der Waals surface area contributed by atoms with Crippen LogP contribution in [0.2, 0.25) is 0 Å². The Morgan fingerprint density at radius 3 is 2.77 bits per heavy atom. The van der Waals surface area contributed by atoms with E-state index in [1.165, 1.54) is 0 Å². The minimum atomic E-state index is -0.526. The number of fused-ring (bicyclic) bond motifs is 1. The number of nitrogens with zero attached hydrogens (tertiary/aromatic N) is 3. The summed E-state index contributed by atoms with van der Waals surface area (Å²) >= 11 is 0. The van der Waals surface area contributed by atoms with Crippen molar-refractivity contribution in [2.24, 2.45) is 0 Å². The summed E-state index contributed by atoms with van der Waals surface area (Å²) in [4.78, 5) is 34.1. The second kappa shape index (κ2) is 10.0. The zero-order valence-corrected chi connectivity index (χ0v) is 20.1. The average molecular weight is 473 g/mol. The van der Waals surface area contributed by atoms with Crippen LogP contribution in [0.25, 0.3) is 16.6 Å². The van der Waals surface area contributed by atoms with Crippen LogP contribution in [0.15, 0.2) is 48.8 Å². The molecule has 8 nitrogen and oxygen atoms in total. The number of benzene rings is 1. The maximum absolute atomic E-state index is 12.4. The van der Waals surface area contributed by atoms with E-state index in [1.807, 2.05) is 45.2 Å². The Labute approximate surface area is 204 Å². The number of H-pyrrole nitrogens is 1. The van der Waals surface area contributed by atoms with Crippen molar-refractivity contribution >= 4 is 28.7 Å². The van der Waals surface area contributed by atoms with Crippen molar-refractivity contribution < 1.29 is 19.1 Å². The molecule has 0 unspecified atom stereocenters. The molecule has 2 aromatic heterocycles. The van der Waals surface area contributed by atoms with Crippen molar-refractivity contribution in [2.45, 2.75) is 45.8 Å². The number of hydrogen-bond donors (Lipinski definition) is 1. The molecule has 0 atom stereocenters. The molecule has 180 valence electrons. The van der Waals surface area contributed by atoms with Gasteiger partial charge in [-0.1, -0.05) is 18.2 Å². The van der Waals surface area contributed by atoms with Gasteiger partial charge in [0.1, 0.15) is 17.9 Å². The Hall–Kier alpha value is -4.12. The first-order valence-corrected chi connectivity index (χ1v) is 11.5. The van der Waals surface area contributed by atoms with Gasteiger partial charge in [-0.05, 0) is 62.1 Å². The van der Waals surface area contributed by atoms with Gasteiger partial charge in [-0.25, -0.2) is 9.78 Å². The number of aromatic amines is 1. The number of amides is 1. The van der Waals surface area contributed by atoms with Gasteiger partial charge in [-0.15, -0.1) is 0 Å². The molecule has 35 heavy (non-hydrogen) atoms. The third-order valence-electron chi connectivity index (χ3n) is 5.60. The standard InChI is InChI=1S/C27H28N4O4/c1-27(2,3)35-26(33)31-9-7-21(8-10-31)23-16-30-25-22(23)12-20(15-29-25)13-24(32)34-17-19-6-4-5-18(11-19)14-28/h4-7,11-12,15-16H,8-10,13,17H2,1-3H3,(H,29,30). The second-order valence-corrected chi connectivity index (χ2v) is 9.50. The fourth-order valence-corrected chi connectivity index (χ4v) is 3.93. The van der Waals surface area contributed by atoms with Crippen LogP contribution in [0.4, 0.5) is 4.79 Å². The third-order valence-corrected chi connectivity index (χ3v) is 5.60. The van der Waals surface area contributed by atoms with Gasteiger partial charge in [-0.2, -0.15) is 5.26 Å². The molecule has 3 heterocycles. The third kappa shape index (κ3) is 6.07. The molecule has 1 aliphatic rings. The SMILES string of the molecule is CC(C)(C)OC(=O)N1CC=C(c2c[nH]c3ncc(CC(=O)OCc4cccc(C#N)c4)cc23)CC1. The topological polar surface area (TPSA) is 108 Å². The zero-order chi connectivity index (χ0) is 25.0. The average Bonchev–Trinajstić information content (AvgIpc) is 3.25. The van der Waals surface area contributed by atoms with Crippen molar-refractivity contribution in [1.29, 1.82) is 5.26 Å². The summed E-state index contributed by atoms with van der Waals surface area (Å²) in [5.74, 6) is -0.365. The molecule has 1 aliphatic heterocycles. The molecule has 1 amide bonds. The summed E-state index contributed by atoms with van der Waals surface area (Å²) in [6, 6.07) is 11.0. The lowest BCUT2D eigenvalue weighted by Gasteiger charge is -2.29. The lowest BCUT2D eigenvalue weighted by atomic mass is 9.99. The van der Waals surface area contributed by atoms with Crippen LogP contribution in [0.3, 0.4) is 0 Å². The van der Waals surface area contributed by atoms with Crippen LogP contribution in [0.5, 0.6) is 0 Å². The number of rotatable bonds is 5. The lowest BCUT2D eigenvalue weighted by molar-refractivity contribution is -0.144. The van der Waals surface area contributed by atoms with Crippen LogP contribution in [-0.2, 0) is 27.3 Å². The molecule has 0 aliphatic carbocycles. The molecule has 0 radical (unpaired) electrons. The van der Waals surface area contributed by atoms with Gasteiger partial charge >= 0.3 is 12.1 Å². The fourth-order valence-electron chi connectivity index (χ4n) is 3.93. The van der Waals surface area contributed by atoms with E-state index in [2.05, 4.69) is 16.0 Å². The Kier molecular flexibility index (Phi) is 6.87. The quantitative estimate of drug-likeness (QED) is 0.537. The first-order valence-electron chi connectivity index (χ1n) is 11.5. The molecular weight excluding hydrogens is 444 g/mol. The Bertz CT molecular complexity index is 1330. The van der Waals surface area contributed by atoms with Crippen LogP contribution in [0, 0.1) is 11.3 Å². The van der Waals surface area contributed by atoms with Crippen LogP contribution in [-0.4, -0.2) is 45.6 Å².